The number of likely N-dealkylation sites (tertiary alicyclic amines) is 1. The average Bonchev–Trinajstić information content (AvgIpc) is 2.53. The Bertz CT molecular complexity index is 428. The minimum absolute atomic E-state index is 0.344. The topological polar surface area (TPSA) is 32.5 Å². The van der Waals surface area contributed by atoms with Gasteiger partial charge in [0.1, 0.15) is 0 Å². The standard InChI is InChI=1S/C19H33N3/c1-5-21(6-2)18-12-10-17(11-13-18)19(14-20)22-15(3)8-7-9-16(22)4/h10-13,15-16,19H,5-9,14,20H2,1-4H3/t15-,16+,19?. The smallest absolute Gasteiger partial charge is 0.0476 e. The molecule has 3 heteroatoms. The van der Waals surface area contributed by atoms with Gasteiger partial charge in [-0.2, -0.15) is 0 Å². The molecule has 1 aromatic rings. The molecule has 1 heterocycles. The lowest BCUT2D eigenvalue weighted by Crippen LogP contribution is -2.48. The highest BCUT2D eigenvalue weighted by molar-refractivity contribution is 5.48. The molecule has 1 fully saturated rings. The number of nitrogens with two attached hydrogens (primary N) is 1. The zero-order valence-corrected chi connectivity index (χ0v) is 14.8. The largest absolute Gasteiger partial charge is 0.372 e. The van der Waals surface area contributed by atoms with E-state index in [1.165, 1.54) is 30.5 Å². The molecule has 0 saturated carbocycles. The Kier molecular flexibility index (Phi) is 6.27. The van der Waals surface area contributed by atoms with Crippen LogP contribution in [-0.2, 0) is 0 Å². The molecule has 0 aliphatic carbocycles. The van der Waals surface area contributed by atoms with Crippen LogP contribution in [0.2, 0.25) is 0 Å². The minimum Gasteiger partial charge on any atom is -0.372 e. The van der Waals surface area contributed by atoms with Crippen LogP contribution in [0.15, 0.2) is 24.3 Å². The van der Waals surface area contributed by atoms with Gasteiger partial charge in [-0.05, 0) is 58.2 Å². The molecule has 1 aliphatic rings. The van der Waals surface area contributed by atoms with E-state index < -0.39 is 0 Å². The van der Waals surface area contributed by atoms with Crippen LogP contribution in [0, 0.1) is 0 Å². The van der Waals surface area contributed by atoms with Gasteiger partial charge in [-0.1, -0.05) is 18.6 Å². The fourth-order valence-corrected chi connectivity index (χ4v) is 3.98. The third kappa shape index (κ3) is 3.64. The molecule has 1 aliphatic heterocycles. The predicted molar refractivity (Wildman–Crippen MR) is 96.4 cm³/mol. The van der Waals surface area contributed by atoms with E-state index in [0.29, 0.717) is 24.7 Å². The Labute approximate surface area is 136 Å². The Morgan fingerprint density at radius 1 is 1.09 bits per heavy atom. The van der Waals surface area contributed by atoms with E-state index in [9.17, 15) is 0 Å². The molecule has 2 rings (SSSR count). The van der Waals surface area contributed by atoms with Gasteiger partial charge in [0.05, 0.1) is 0 Å². The van der Waals surface area contributed by atoms with Gasteiger partial charge in [0.25, 0.3) is 0 Å². The van der Waals surface area contributed by atoms with E-state index in [1.807, 2.05) is 0 Å². The Morgan fingerprint density at radius 2 is 1.64 bits per heavy atom. The van der Waals surface area contributed by atoms with E-state index in [2.05, 4.69) is 61.8 Å². The first-order valence-corrected chi connectivity index (χ1v) is 8.94. The summed E-state index contributed by atoms with van der Waals surface area (Å²) in [7, 11) is 0. The molecule has 0 spiro atoms. The second-order valence-electron chi connectivity index (χ2n) is 6.59. The summed E-state index contributed by atoms with van der Waals surface area (Å²) >= 11 is 0. The zero-order chi connectivity index (χ0) is 16.1. The summed E-state index contributed by atoms with van der Waals surface area (Å²) in [4.78, 5) is 5.02. The van der Waals surface area contributed by atoms with Crippen LogP contribution in [0.4, 0.5) is 5.69 Å². The molecule has 1 unspecified atom stereocenters. The minimum atomic E-state index is 0.344. The summed E-state index contributed by atoms with van der Waals surface area (Å²) in [5.41, 5.74) is 8.83. The number of nitrogens with zero attached hydrogens (tertiary/aromatic N) is 2. The van der Waals surface area contributed by atoms with Crippen molar-refractivity contribution in [3.8, 4) is 0 Å². The number of anilines is 1. The van der Waals surface area contributed by atoms with Crippen molar-refractivity contribution in [2.75, 3.05) is 24.5 Å². The van der Waals surface area contributed by atoms with Crippen LogP contribution in [0.5, 0.6) is 0 Å². The second kappa shape index (κ2) is 7.98. The lowest BCUT2D eigenvalue weighted by Gasteiger charge is -2.44. The van der Waals surface area contributed by atoms with E-state index in [1.54, 1.807) is 0 Å². The van der Waals surface area contributed by atoms with Crippen LogP contribution in [-0.4, -0.2) is 36.6 Å². The quantitative estimate of drug-likeness (QED) is 0.867. The van der Waals surface area contributed by atoms with Crippen LogP contribution >= 0.6 is 0 Å². The number of benzene rings is 1. The van der Waals surface area contributed by atoms with E-state index in [-0.39, 0.29) is 0 Å². The van der Waals surface area contributed by atoms with E-state index >= 15 is 0 Å². The maximum atomic E-state index is 6.16. The average molecular weight is 303 g/mol. The molecule has 3 nitrogen and oxygen atoms in total. The van der Waals surface area contributed by atoms with Crippen molar-refractivity contribution in [2.24, 2.45) is 5.73 Å². The summed E-state index contributed by atoms with van der Waals surface area (Å²) in [6.07, 6.45) is 3.92. The van der Waals surface area contributed by atoms with Crippen molar-refractivity contribution < 1.29 is 0 Å². The molecule has 0 bridgehead atoms. The van der Waals surface area contributed by atoms with Gasteiger partial charge < -0.3 is 10.6 Å². The van der Waals surface area contributed by atoms with Crippen molar-refractivity contribution in [3.63, 3.8) is 0 Å². The molecule has 22 heavy (non-hydrogen) atoms. The van der Waals surface area contributed by atoms with Crippen LogP contribution < -0.4 is 10.6 Å². The van der Waals surface area contributed by atoms with Gasteiger partial charge in [0, 0.05) is 43.4 Å². The van der Waals surface area contributed by atoms with Crippen LogP contribution in [0.1, 0.15) is 58.6 Å². The number of hydrogen-bond donors (Lipinski definition) is 1. The van der Waals surface area contributed by atoms with Crippen molar-refractivity contribution in [2.45, 2.75) is 65.1 Å². The predicted octanol–water partition coefficient (Wildman–Crippen LogP) is 3.80. The van der Waals surface area contributed by atoms with Crippen molar-refractivity contribution in [1.82, 2.24) is 4.90 Å². The fourth-order valence-electron chi connectivity index (χ4n) is 3.98. The van der Waals surface area contributed by atoms with Crippen molar-refractivity contribution in [1.29, 1.82) is 0 Å². The monoisotopic (exact) mass is 303 g/mol. The molecule has 0 aromatic heterocycles. The fraction of sp³-hybridized carbons (Fsp3) is 0.684. The number of piperidine rings is 1. The molecule has 2 N–H and O–H groups in total. The van der Waals surface area contributed by atoms with E-state index in [0.717, 1.165) is 13.1 Å². The molecular formula is C19H33N3. The maximum Gasteiger partial charge on any atom is 0.0476 e. The van der Waals surface area contributed by atoms with Gasteiger partial charge in [-0.15, -0.1) is 0 Å². The third-order valence-corrected chi connectivity index (χ3v) is 5.25. The molecular weight excluding hydrogens is 270 g/mol. The Hall–Kier alpha value is -1.06. The lowest BCUT2D eigenvalue weighted by atomic mass is 9.92. The summed E-state index contributed by atoms with van der Waals surface area (Å²) in [6, 6.07) is 10.7. The SMILES string of the molecule is CCN(CC)c1ccc(C(CN)N2[C@H](C)CCC[C@@H]2C)cc1. The highest BCUT2D eigenvalue weighted by Gasteiger charge is 2.31. The summed E-state index contributed by atoms with van der Waals surface area (Å²) in [6.45, 7) is 11.9. The summed E-state index contributed by atoms with van der Waals surface area (Å²) in [5, 5.41) is 0. The van der Waals surface area contributed by atoms with Crippen LogP contribution in [0.25, 0.3) is 0 Å². The Morgan fingerprint density at radius 3 is 2.09 bits per heavy atom. The van der Waals surface area contributed by atoms with Gasteiger partial charge in [0.2, 0.25) is 0 Å². The van der Waals surface area contributed by atoms with Crippen LogP contribution in [0.3, 0.4) is 0 Å². The van der Waals surface area contributed by atoms with Crippen molar-refractivity contribution >= 4 is 5.69 Å². The van der Waals surface area contributed by atoms with Gasteiger partial charge in [-0.25, -0.2) is 0 Å². The molecule has 0 radical (unpaired) electrons. The van der Waals surface area contributed by atoms with E-state index in [4.69, 9.17) is 5.73 Å². The highest BCUT2D eigenvalue weighted by Crippen LogP contribution is 2.32. The summed E-state index contributed by atoms with van der Waals surface area (Å²) in [5.74, 6) is 0. The molecule has 1 saturated heterocycles. The highest BCUT2D eigenvalue weighted by atomic mass is 15.2. The number of rotatable bonds is 6. The first kappa shape index (κ1) is 17.3. The summed E-state index contributed by atoms with van der Waals surface area (Å²) < 4.78 is 0. The van der Waals surface area contributed by atoms with Gasteiger partial charge >= 0.3 is 0 Å². The Balaban J connectivity index is 2.20. The molecule has 1 aromatic carbocycles. The molecule has 124 valence electrons. The maximum absolute atomic E-state index is 6.16. The number of hydrogen-bond acceptors (Lipinski definition) is 3. The van der Waals surface area contributed by atoms with Gasteiger partial charge in [0.15, 0.2) is 0 Å². The first-order valence-electron chi connectivity index (χ1n) is 8.94. The molecule has 3 atom stereocenters. The van der Waals surface area contributed by atoms with Crippen molar-refractivity contribution in [3.05, 3.63) is 29.8 Å². The second-order valence-corrected chi connectivity index (χ2v) is 6.59. The van der Waals surface area contributed by atoms with Gasteiger partial charge in [-0.3, -0.25) is 4.90 Å². The third-order valence-electron chi connectivity index (χ3n) is 5.25. The zero-order valence-electron chi connectivity index (χ0n) is 14.8. The first-order chi connectivity index (χ1) is 10.6. The normalized spacial score (nSPS) is 24.2. The molecule has 0 amide bonds. The lowest BCUT2D eigenvalue weighted by molar-refractivity contribution is 0.0578.